The Morgan fingerprint density at radius 3 is 1.80 bits per heavy atom. The number of hydrogen-bond acceptors (Lipinski definition) is 18. The molecule has 0 amide bonds. The van der Waals surface area contributed by atoms with Crippen LogP contribution >= 0.6 is 0 Å². The monoisotopic (exact) mass is 889 g/mol. The zero-order valence-corrected chi connectivity index (χ0v) is 32.7. The fourth-order valence-electron chi connectivity index (χ4n) is 5.60. The lowest BCUT2D eigenvalue weighted by molar-refractivity contribution is 0.415. The summed E-state index contributed by atoms with van der Waals surface area (Å²) in [6.07, 6.45) is 0. The number of anilines is 4. The van der Waals surface area contributed by atoms with E-state index >= 15 is 0 Å². The Bertz CT molecular complexity index is 3160. The summed E-state index contributed by atoms with van der Waals surface area (Å²) in [6, 6.07) is 15.7. The van der Waals surface area contributed by atoms with Crippen molar-refractivity contribution < 1.29 is 66.8 Å². The van der Waals surface area contributed by atoms with Gasteiger partial charge in [0.25, 0.3) is 30.4 Å². The Kier molecular flexibility index (Phi) is 11.2. The Morgan fingerprint density at radius 1 is 0.610 bits per heavy atom. The molecule has 0 fully saturated rings. The van der Waals surface area contributed by atoms with Crippen molar-refractivity contribution >= 4 is 109 Å². The van der Waals surface area contributed by atoms with Crippen LogP contribution in [0, 0.1) is 0 Å². The Morgan fingerprint density at radius 2 is 1.17 bits per heavy atom. The lowest BCUT2D eigenvalue weighted by atomic mass is 10.1. The number of nitrogens with two attached hydrogens (primary N) is 2. The third-order valence-corrected chi connectivity index (χ3v) is 11.2. The van der Waals surface area contributed by atoms with Crippen molar-refractivity contribution in [3.8, 4) is 23.0 Å². The maximum absolute atomic E-state index is 12.6. The summed E-state index contributed by atoms with van der Waals surface area (Å²) in [7, 11) is -13.8. The van der Waals surface area contributed by atoms with E-state index in [1.807, 2.05) is 0 Å². The summed E-state index contributed by atoms with van der Waals surface area (Å²) < 4.78 is 134. The highest BCUT2D eigenvalue weighted by molar-refractivity contribution is 7.86. The molecule has 0 aliphatic rings. The van der Waals surface area contributed by atoms with Crippen LogP contribution in [0.25, 0.3) is 21.5 Å². The molecule has 0 aliphatic heterocycles. The molecule has 1 unspecified atom stereocenters. The normalized spacial score (nSPS) is 13.0. The number of nitrogens with zero attached hydrogens (tertiary/aromatic N) is 4. The first-order valence-electron chi connectivity index (χ1n) is 15.8. The van der Waals surface area contributed by atoms with Gasteiger partial charge in [-0.15, -0.1) is 20.5 Å². The molecule has 0 aliphatic carbocycles. The summed E-state index contributed by atoms with van der Waals surface area (Å²) in [5.41, 5.74) is 9.35. The van der Waals surface area contributed by atoms with Gasteiger partial charge in [0.1, 0.15) is 37.5 Å². The van der Waals surface area contributed by atoms with E-state index in [2.05, 4.69) is 25.8 Å². The van der Waals surface area contributed by atoms with Crippen LogP contribution in [-0.4, -0.2) is 65.0 Å². The predicted octanol–water partition coefficient (Wildman–Crippen LogP) is 6.41. The number of methoxy groups -OCH3 is 1. The fourth-order valence-corrected chi connectivity index (χ4v) is 7.81. The Balaban J connectivity index is 1.43. The first kappa shape index (κ1) is 42.1. The van der Waals surface area contributed by atoms with Gasteiger partial charge in [0.2, 0.25) is 0 Å². The molecule has 0 aromatic heterocycles. The maximum Gasteiger partial charge on any atom is 0.357 e. The predicted molar refractivity (Wildman–Crippen MR) is 212 cm³/mol. The number of nitrogens with one attached hydrogen (secondary N) is 1. The SMILES string of the molecule is COc1cc(N=Nc2c(OS(=O)O)cc3cc(Nc4ccc(N)c(S(=O)(=O)O)c4)ccc3c2O)c(S(=O)(=O)O)cc1N=Nc1c(S(=O)(=O)O)cc2cc(N)ccc2c1O. The average molecular weight is 890 g/mol. The Labute approximate surface area is 335 Å². The second-order valence-electron chi connectivity index (χ2n) is 12.1. The highest BCUT2D eigenvalue weighted by Gasteiger charge is 2.25. The van der Waals surface area contributed by atoms with Gasteiger partial charge in [0.15, 0.2) is 22.9 Å². The van der Waals surface area contributed by atoms with E-state index in [-0.39, 0.29) is 50.0 Å². The number of ether oxygens (including phenoxy) is 1. The summed E-state index contributed by atoms with van der Waals surface area (Å²) in [4.78, 5) is -2.45. The van der Waals surface area contributed by atoms with E-state index in [1.165, 1.54) is 48.5 Å². The highest BCUT2D eigenvalue weighted by atomic mass is 32.2. The topological polar surface area (TPSA) is 373 Å². The van der Waals surface area contributed by atoms with E-state index in [0.29, 0.717) is 6.07 Å². The number of benzene rings is 6. The number of fused-ring (bicyclic) bond motifs is 2. The maximum atomic E-state index is 12.6. The van der Waals surface area contributed by atoms with Crippen molar-refractivity contribution in [1.82, 2.24) is 0 Å². The van der Waals surface area contributed by atoms with Crippen LogP contribution in [0.2, 0.25) is 0 Å². The van der Waals surface area contributed by atoms with Crippen molar-refractivity contribution in [2.45, 2.75) is 14.7 Å². The second-order valence-corrected chi connectivity index (χ2v) is 16.8. The van der Waals surface area contributed by atoms with Gasteiger partial charge < -0.3 is 35.9 Å². The van der Waals surface area contributed by atoms with Gasteiger partial charge in [-0.3, -0.25) is 18.2 Å². The van der Waals surface area contributed by atoms with Crippen LogP contribution < -0.4 is 25.7 Å². The lowest BCUT2D eigenvalue weighted by Gasteiger charge is -2.13. The molecule has 26 heteroatoms. The van der Waals surface area contributed by atoms with Gasteiger partial charge in [-0.2, -0.15) is 29.5 Å². The standard InChI is InChI=1S/C33H27N7O15S4/c1-54-25-13-24(28(58(48,49)50)14-23(25)37-40-31-29(59(51,52)53)11-15-8-17(34)2-5-20(15)33(31)42)38-39-30-26(55-56(43)44)10-16-9-18(3-6-21(16)32(30)41)36-19-4-7-22(35)27(12-19)57(45,46)47/h2-14,36,41-42H,34-35H2,1H3,(H,43,44)(H,45,46,47)(H,48,49,50)(H,51,52,53). The highest BCUT2D eigenvalue weighted by Crippen LogP contribution is 2.47. The van der Waals surface area contributed by atoms with Crippen molar-refractivity contribution in [2.75, 3.05) is 23.9 Å². The molecular weight excluding hydrogens is 863 g/mol. The zero-order valence-electron chi connectivity index (χ0n) is 29.4. The smallest absolute Gasteiger partial charge is 0.357 e. The Hall–Kier alpha value is -6.52. The van der Waals surface area contributed by atoms with Crippen LogP contribution in [-0.2, 0) is 41.7 Å². The third kappa shape index (κ3) is 8.98. The van der Waals surface area contributed by atoms with Crippen molar-refractivity contribution in [3.63, 3.8) is 0 Å². The molecule has 0 radical (unpaired) electrons. The minimum Gasteiger partial charge on any atom is -0.505 e. The molecular formula is C33H27N7O15S4. The summed E-state index contributed by atoms with van der Waals surface area (Å²) in [5.74, 6) is -2.33. The molecule has 0 saturated carbocycles. The van der Waals surface area contributed by atoms with Crippen LogP contribution in [0.5, 0.6) is 23.0 Å². The molecule has 6 aromatic carbocycles. The number of aromatic hydroxyl groups is 2. The molecule has 0 bridgehead atoms. The average Bonchev–Trinajstić information content (AvgIpc) is 3.13. The second kappa shape index (κ2) is 15.7. The first-order chi connectivity index (χ1) is 27.5. The van der Waals surface area contributed by atoms with Gasteiger partial charge >= 0.3 is 11.4 Å². The molecule has 6 rings (SSSR count). The van der Waals surface area contributed by atoms with Gasteiger partial charge in [0.05, 0.1) is 12.8 Å². The number of nitrogen functional groups attached to an aromatic ring is 2. The molecule has 22 nitrogen and oxygen atoms in total. The largest absolute Gasteiger partial charge is 0.505 e. The molecule has 308 valence electrons. The fraction of sp³-hybridized carbons (Fsp3) is 0.0303. The van der Waals surface area contributed by atoms with Crippen molar-refractivity contribution in [2.24, 2.45) is 20.5 Å². The van der Waals surface area contributed by atoms with E-state index in [0.717, 1.165) is 31.4 Å². The number of azo groups is 2. The number of hydrogen-bond donors (Lipinski definition) is 9. The molecule has 6 aromatic rings. The van der Waals surface area contributed by atoms with E-state index in [9.17, 15) is 57.9 Å². The van der Waals surface area contributed by atoms with E-state index in [4.69, 9.17) is 20.4 Å². The number of phenols is 2. The van der Waals surface area contributed by atoms with Gasteiger partial charge in [-0.05, 0) is 83.6 Å². The summed E-state index contributed by atoms with van der Waals surface area (Å²) in [5, 5.41) is 40.6. The van der Waals surface area contributed by atoms with E-state index in [1.54, 1.807) is 0 Å². The van der Waals surface area contributed by atoms with Crippen LogP contribution in [0.4, 0.5) is 45.5 Å². The molecule has 59 heavy (non-hydrogen) atoms. The van der Waals surface area contributed by atoms with Gasteiger partial charge in [-0.25, -0.2) is 0 Å². The van der Waals surface area contributed by atoms with Crippen molar-refractivity contribution in [1.29, 1.82) is 0 Å². The van der Waals surface area contributed by atoms with Crippen LogP contribution in [0.3, 0.4) is 0 Å². The quantitative estimate of drug-likeness (QED) is 0.0277. The van der Waals surface area contributed by atoms with Crippen LogP contribution in [0.15, 0.2) is 114 Å². The molecule has 1 atom stereocenters. The molecule has 0 saturated heterocycles. The lowest BCUT2D eigenvalue weighted by Crippen LogP contribution is -2.04. The van der Waals surface area contributed by atoms with Gasteiger partial charge in [-0.1, -0.05) is 0 Å². The summed E-state index contributed by atoms with van der Waals surface area (Å²) >= 11 is -3.02. The van der Waals surface area contributed by atoms with E-state index < -0.39 is 96.4 Å². The molecule has 11 N–H and O–H groups in total. The van der Waals surface area contributed by atoms with Crippen molar-refractivity contribution in [3.05, 3.63) is 78.9 Å². The zero-order chi connectivity index (χ0) is 43.2. The van der Waals surface area contributed by atoms with Crippen LogP contribution in [0.1, 0.15) is 0 Å². The first-order valence-corrected chi connectivity index (χ1v) is 21.2. The number of phenolic OH excluding ortho intramolecular Hbond substituents is 2. The molecule has 0 spiro atoms. The minimum absolute atomic E-state index is 0.0459. The summed E-state index contributed by atoms with van der Waals surface area (Å²) in [6.45, 7) is 0. The third-order valence-electron chi connectivity index (χ3n) is 8.20. The minimum atomic E-state index is -5.21. The number of rotatable bonds is 12. The molecule has 0 heterocycles. The van der Waals surface area contributed by atoms with Gasteiger partial charge in [0, 0.05) is 33.9 Å².